The van der Waals surface area contributed by atoms with Crippen LogP contribution in [0.25, 0.3) is 0 Å². The molecule has 1 aromatic carbocycles. The van der Waals surface area contributed by atoms with E-state index < -0.39 is 43.3 Å². The number of carbonyl (C=O) groups is 1. The van der Waals surface area contributed by atoms with E-state index in [4.69, 9.17) is 14.2 Å². The van der Waals surface area contributed by atoms with Gasteiger partial charge < -0.3 is 34.4 Å². The van der Waals surface area contributed by atoms with E-state index in [9.17, 15) is 20.1 Å². The predicted octanol–water partition coefficient (Wildman–Crippen LogP) is -0.291. The number of nitrogens with zero attached hydrogens (tertiary/aromatic N) is 1. The van der Waals surface area contributed by atoms with Crippen molar-refractivity contribution in [1.82, 2.24) is 4.90 Å². The van der Waals surface area contributed by atoms with Gasteiger partial charge in [0.2, 0.25) is 0 Å². The maximum atomic E-state index is 12.2. The van der Waals surface area contributed by atoms with Crippen LogP contribution in [0.1, 0.15) is 5.56 Å². The molecule has 0 aromatic heterocycles. The summed E-state index contributed by atoms with van der Waals surface area (Å²) in [4.78, 5) is 13.4. The summed E-state index contributed by atoms with van der Waals surface area (Å²) in [5, 5.41) is 29.4. The lowest BCUT2D eigenvalue weighted by atomic mass is 9.96. The van der Waals surface area contributed by atoms with Crippen molar-refractivity contribution in [2.24, 2.45) is 0 Å². The summed E-state index contributed by atoms with van der Waals surface area (Å²) in [6.45, 7) is -0.403. The van der Waals surface area contributed by atoms with E-state index in [0.717, 1.165) is 10.5 Å². The van der Waals surface area contributed by atoms with Crippen molar-refractivity contribution >= 4 is 6.09 Å². The Hall–Kier alpha value is -1.71. The smallest absolute Gasteiger partial charge is 0.410 e. The van der Waals surface area contributed by atoms with Gasteiger partial charge in [0.15, 0.2) is 6.29 Å². The minimum atomic E-state index is -1.35. The maximum Gasteiger partial charge on any atom is 0.410 e. The zero-order valence-corrected chi connectivity index (χ0v) is 13.6. The molecule has 1 amide bonds. The first-order chi connectivity index (χ1) is 11.5. The lowest BCUT2D eigenvalue weighted by Crippen LogP contribution is -2.64. The lowest BCUT2D eigenvalue weighted by Gasteiger charge is -2.44. The first-order valence-corrected chi connectivity index (χ1v) is 7.58. The highest BCUT2D eigenvalue weighted by Crippen LogP contribution is 2.25. The lowest BCUT2D eigenvalue weighted by molar-refractivity contribution is -0.275. The Morgan fingerprint density at radius 1 is 1.25 bits per heavy atom. The molecule has 0 spiro atoms. The summed E-state index contributed by atoms with van der Waals surface area (Å²) >= 11 is 0. The van der Waals surface area contributed by atoms with E-state index in [1.165, 1.54) is 14.2 Å². The summed E-state index contributed by atoms with van der Waals surface area (Å²) in [6, 6.07) is 8.18. The van der Waals surface area contributed by atoms with E-state index in [1.54, 1.807) is 0 Å². The van der Waals surface area contributed by atoms with Crippen LogP contribution in [0.4, 0.5) is 4.79 Å². The molecule has 0 bridgehead atoms. The minimum absolute atomic E-state index is 0.0765. The molecule has 8 nitrogen and oxygen atoms in total. The summed E-state index contributed by atoms with van der Waals surface area (Å²) in [5.74, 6) is 0. The number of aliphatic hydroxyl groups is 3. The monoisotopic (exact) mass is 341 g/mol. The van der Waals surface area contributed by atoms with Gasteiger partial charge in [-0.15, -0.1) is 0 Å². The average molecular weight is 341 g/mol. The van der Waals surface area contributed by atoms with Crippen LogP contribution in [-0.2, 0) is 20.8 Å². The normalized spacial score (nSPS) is 30.0. The molecular formula is C16H23NO7. The molecule has 5 atom stereocenters. The number of hydrogen-bond donors (Lipinski definition) is 3. The number of ether oxygens (including phenoxy) is 3. The molecule has 1 aliphatic rings. The summed E-state index contributed by atoms with van der Waals surface area (Å²) in [5.41, 5.74) is 0.823. The number of likely N-dealkylation sites (N-methyl/N-ethyl adjacent to an activating group) is 1. The summed E-state index contributed by atoms with van der Waals surface area (Å²) < 4.78 is 15.7. The van der Waals surface area contributed by atoms with Crippen LogP contribution in [0.5, 0.6) is 0 Å². The van der Waals surface area contributed by atoms with Gasteiger partial charge in [0.25, 0.3) is 0 Å². The third kappa shape index (κ3) is 4.03. The van der Waals surface area contributed by atoms with Gasteiger partial charge in [-0.1, -0.05) is 30.3 Å². The molecule has 1 heterocycles. The summed E-state index contributed by atoms with van der Waals surface area (Å²) in [7, 11) is 2.77. The largest absolute Gasteiger partial charge is 0.445 e. The van der Waals surface area contributed by atoms with Crippen molar-refractivity contribution in [3.05, 3.63) is 35.9 Å². The van der Waals surface area contributed by atoms with Gasteiger partial charge in [0.1, 0.15) is 31.0 Å². The highest BCUT2D eigenvalue weighted by molar-refractivity contribution is 5.68. The fraction of sp³-hybridized carbons (Fsp3) is 0.562. The number of aliphatic hydroxyl groups excluding tert-OH is 3. The first kappa shape index (κ1) is 18.6. The standard InChI is InChI=1S/C16H23NO7/c1-17(16(21)23-9-10-6-4-3-5-7-10)12-14(20)13(19)11(8-18)24-15(12)22-2/h3-7,11-15,18-20H,8-9H2,1-2H3. The van der Waals surface area contributed by atoms with Gasteiger partial charge in [-0.25, -0.2) is 4.79 Å². The van der Waals surface area contributed by atoms with Gasteiger partial charge in [-0.2, -0.15) is 0 Å². The van der Waals surface area contributed by atoms with Crippen LogP contribution in [0.3, 0.4) is 0 Å². The van der Waals surface area contributed by atoms with Gasteiger partial charge in [-0.05, 0) is 5.56 Å². The molecule has 5 unspecified atom stereocenters. The van der Waals surface area contributed by atoms with E-state index >= 15 is 0 Å². The Labute approximate surface area is 140 Å². The number of hydrogen-bond acceptors (Lipinski definition) is 7. The summed E-state index contributed by atoms with van der Waals surface area (Å²) in [6.07, 6.45) is -5.39. The highest BCUT2D eigenvalue weighted by atomic mass is 16.7. The van der Waals surface area contributed by atoms with Gasteiger partial charge in [0, 0.05) is 14.2 Å². The molecule has 3 N–H and O–H groups in total. The molecule has 1 saturated heterocycles. The highest BCUT2D eigenvalue weighted by Gasteiger charge is 2.47. The predicted molar refractivity (Wildman–Crippen MR) is 82.9 cm³/mol. The van der Waals surface area contributed by atoms with Crippen LogP contribution >= 0.6 is 0 Å². The third-order valence-corrected chi connectivity index (χ3v) is 4.02. The van der Waals surface area contributed by atoms with Crippen molar-refractivity contribution in [3.63, 3.8) is 0 Å². The Kier molecular flexibility index (Phi) is 6.52. The second-order valence-corrected chi connectivity index (χ2v) is 5.58. The minimum Gasteiger partial charge on any atom is -0.445 e. The molecule has 1 aliphatic heterocycles. The number of rotatable bonds is 5. The van der Waals surface area contributed by atoms with Crippen LogP contribution in [0, 0.1) is 0 Å². The van der Waals surface area contributed by atoms with Crippen molar-refractivity contribution in [2.45, 2.75) is 37.3 Å². The van der Waals surface area contributed by atoms with E-state index in [0.29, 0.717) is 0 Å². The quantitative estimate of drug-likeness (QED) is 0.675. The van der Waals surface area contributed by atoms with Gasteiger partial charge >= 0.3 is 6.09 Å². The molecule has 0 saturated carbocycles. The molecule has 24 heavy (non-hydrogen) atoms. The van der Waals surface area contributed by atoms with Crippen molar-refractivity contribution in [3.8, 4) is 0 Å². The molecule has 0 aliphatic carbocycles. The number of amides is 1. The second-order valence-electron chi connectivity index (χ2n) is 5.58. The Balaban J connectivity index is 2.02. The number of methoxy groups -OCH3 is 1. The van der Waals surface area contributed by atoms with Gasteiger partial charge in [-0.3, -0.25) is 0 Å². The molecule has 0 radical (unpaired) electrons. The average Bonchev–Trinajstić information content (AvgIpc) is 2.62. The van der Waals surface area contributed by atoms with Crippen LogP contribution in [0.2, 0.25) is 0 Å². The Bertz CT molecular complexity index is 524. The first-order valence-electron chi connectivity index (χ1n) is 7.58. The fourth-order valence-electron chi connectivity index (χ4n) is 2.62. The van der Waals surface area contributed by atoms with Crippen LogP contribution in [0.15, 0.2) is 30.3 Å². The van der Waals surface area contributed by atoms with E-state index in [1.807, 2.05) is 30.3 Å². The Morgan fingerprint density at radius 2 is 1.92 bits per heavy atom. The topological polar surface area (TPSA) is 109 Å². The van der Waals surface area contributed by atoms with Crippen molar-refractivity contribution in [2.75, 3.05) is 20.8 Å². The third-order valence-electron chi connectivity index (χ3n) is 4.02. The SMILES string of the molecule is COC1OC(CO)C(O)C(O)C1N(C)C(=O)OCc1ccccc1. The second kappa shape index (κ2) is 8.41. The number of benzene rings is 1. The zero-order chi connectivity index (χ0) is 17.7. The number of carbonyl (C=O) groups excluding carboxylic acids is 1. The van der Waals surface area contributed by atoms with Gasteiger partial charge in [0.05, 0.1) is 6.61 Å². The molecular weight excluding hydrogens is 318 g/mol. The molecule has 1 aromatic rings. The van der Waals surface area contributed by atoms with Crippen LogP contribution < -0.4 is 0 Å². The van der Waals surface area contributed by atoms with E-state index in [2.05, 4.69) is 0 Å². The van der Waals surface area contributed by atoms with E-state index in [-0.39, 0.29) is 6.61 Å². The molecule has 8 heteroatoms. The van der Waals surface area contributed by atoms with Crippen molar-refractivity contribution in [1.29, 1.82) is 0 Å². The fourth-order valence-corrected chi connectivity index (χ4v) is 2.62. The zero-order valence-electron chi connectivity index (χ0n) is 13.6. The van der Waals surface area contributed by atoms with Crippen molar-refractivity contribution < 1.29 is 34.3 Å². The van der Waals surface area contributed by atoms with Crippen LogP contribution in [-0.4, -0.2) is 77.7 Å². The molecule has 2 rings (SSSR count). The maximum absolute atomic E-state index is 12.2. The molecule has 134 valence electrons. The Morgan fingerprint density at radius 3 is 2.50 bits per heavy atom. The molecule has 1 fully saturated rings.